The first-order valence-corrected chi connectivity index (χ1v) is 10.5. The van der Waals surface area contributed by atoms with E-state index < -0.39 is 0 Å². The van der Waals surface area contributed by atoms with E-state index in [0.717, 1.165) is 18.7 Å². The Labute approximate surface area is 155 Å². The fraction of sp³-hybridized carbons (Fsp3) is 0.684. The molecular weight excluding hydrogens is 336 g/mol. The third-order valence-electron chi connectivity index (χ3n) is 5.49. The minimum atomic E-state index is 0.0771. The molecule has 140 valence electrons. The fourth-order valence-electron chi connectivity index (χ4n) is 4.14. The minimum Gasteiger partial charge on any atom is -0.502 e. The minimum absolute atomic E-state index is 0.0771. The maximum atomic E-state index is 10.1. The number of piperazine rings is 1. The van der Waals surface area contributed by atoms with Crippen LogP contribution in [0.1, 0.15) is 24.8 Å². The maximum absolute atomic E-state index is 10.1. The highest BCUT2D eigenvalue weighted by molar-refractivity contribution is 7.98. The molecule has 0 unspecified atom stereocenters. The molecule has 0 radical (unpaired) electrons. The van der Waals surface area contributed by atoms with Gasteiger partial charge in [0.05, 0.1) is 14.2 Å². The smallest absolute Gasteiger partial charge is 0.200 e. The SMILES string of the molecule is COc1cc(CN2C[C@@H]3CCCN3C[C@H]2CCSC)cc(OC)c1O. The molecule has 2 aliphatic heterocycles. The second-order valence-electron chi connectivity index (χ2n) is 7.00. The lowest BCUT2D eigenvalue weighted by Crippen LogP contribution is -2.55. The van der Waals surface area contributed by atoms with Crippen molar-refractivity contribution in [3.8, 4) is 17.2 Å². The van der Waals surface area contributed by atoms with E-state index in [9.17, 15) is 5.11 Å². The summed E-state index contributed by atoms with van der Waals surface area (Å²) in [7, 11) is 3.16. The van der Waals surface area contributed by atoms with Gasteiger partial charge in [-0.3, -0.25) is 9.80 Å². The van der Waals surface area contributed by atoms with Gasteiger partial charge in [0, 0.05) is 31.7 Å². The molecule has 2 heterocycles. The van der Waals surface area contributed by atoms with Crippen LogP contribution >= 0.6 is 11.8 Å². The van der Waals surface area contributed by atoms with E-state index in [4.69, 9.17) is 9.47 Å². The molecule has 25 heavy (non-hydrogen) atoms. The van der Waals surface area contributed by atoms with Gasteiger partial charge in [-0.25, -0.2) is 0 Å². The summed E-state index contributed by atoms with van der Waals surface area (Å²) in [6.45, 7) is 4.44. The number of phenolic OH excluding ortho intramolecular Hbond substituents is 1. The summed E-state index contributed by atoms with van der Waals surface area (Å²) in [6, 6.07) is 5.16. The molecule has 3 rings (SSSR count). The molecule has 0 saturated carbocycles. The number of nitrogens with zero attached hydrogens (tertiary/aromatic N) is 2. The highest BCUT2D eigenvalue weighted by atomic mass is 32.2. The zero-order chi connectivity index (χ0) is 17.8. The molecule has 6 heteroatoms. The second-order valence-corrected chi connectivity index (χ2v) is 7.99. The van der Waals surface area contributed by atoms with Crippen LogP contribution in [0.5, 0.6) is 17.2 Å². The zero-order valence-electron chi connectivity index (χ0n) is 15.5. The van der Waals surface area contributed by atoms with Crippen molar-refractivity contribution in [3.05, 3.63) is 17.7 Å². The average Bonchev–Trinajstić information content (AvgIpc) is 3.08. The van der Waals surface area contributed by atoms with Gasteiger partial charge in [0.2, 0.25) is 5.75 Å². The molecule has 2 atom stereocenters. The number of benzene rings is 1. The van der Waals surface area contributed by atoms with Crippen molar-refractivity contribution in [2.24, 2.45) is 0 Å². The van der Waals surface area contributed by atoms with Gasteiger partial charge in [-0.2, -0.15) is 11.8 Å². The van der Waals surface area contributed by atoms with E-state index in [1.54, 1.807) is 14.2 Å². The maximum Gasteiger partial charge on any atom is 0.200 e. The van der Waals surface area contributed by atoms with E-state index in [1.807, 2.05) is 23.9 Å². The standard InChI is InChI=1S/C19H30N2O3S/c1-23-17-9-14(10-18(24-2)19(17)22)11-21-13-15-5-4-7-20(15)12-16(21)6-8-25-3/h9-10,15-16,22H,4-8,11-13H2,1-3H3/t15-,16+/m0/s1. The number of rotatable bonds is 7. The molecule has 2 saturated heterocycles. The Hall–Kier alpha value is -1.11. The summed E-state index contributed by atoms with van der Waals surface area (Å²) < 4.78 is 10.6. The van der Waals surface area contributed by atoms with Crippen LogP contribution in [0.2, 0.25) is 0 Å². The van der Waals surface area contributed by atoms with Crippen LogP contribution in [0.4, 0.5) is 0 Å². The number of hydrogen-bond donors (Lipinski definition) is 1. The number of methoxy groups -OCH3 is 2. The summed E-state index contributed by atoms with van der Waals surface area (Å²) in [5.41, 5.74) is 1.13. The second kappa shape index (κ2) is 8.52. The molecule has 1 aromatic rings. The van der Waals surface area contributed by atoms with Gasteiger partial charge in [0.15, 0.2) is 11.5 Å². The van der Waals surface area contributed by atoms with Gasteiger partial charge < -0.3 is 14.6 Å². The number of hydrogen-bond acceptors (Lipinski definition) is 6. The Bertz CT molecular complexity index is 559. The Morgan fingerprint density at radius 3 is 2.56 bits per heavy atom. The van der Waals surface area contributed by atoms with E-state index in [-0.39, 0.29) is 5.75 Å². The number of ether oxygens (including phenoxy) is 2. The van der Waals surface area contributed by atoms with Gasteiger partial charge in [0.1, 0.15) is 0 Å². The molecule has 5 nitrogen and oxygen atoms in total. The summed E-state index contributed by atoms with van der Waals surface area (Å²) in [6.07, 6.45) is 6.04. The molecule has 2 fully saturated rings. The first-order valence-electron chi connectivity index (χ1n) is 9.07. The lowest BCUT2D eigenvalue weighted by Gasteiger charge is -2.44. The Balaban J connectivity index is 1.78. The van der Waals surface area contributed by atoms with Gasteiger partial charge in [-0.05, 0) is 55.5 Å². The molecule has 0 spiro atoms. The van der Waals surface area contributed by atoms with Gasteiger partial charge >= 0.3 is 0 Å². The molecular formula is C19H30N2O3S. The highest BCUT2D eigenvalue weighted by Gasteiger charge is 2.36. The van der Waals surface area contributed by atoms with Crippen molar-refractivity contribution in [2.75, 3.05) is 45.9 Å². The lowest BCUT2D eigenvalue weighted by atomic mass is 10.0. The van der Waals surface area contributed by atoms with Crippen LogP contribution in [0.25, 0.3) is 0 Å². The largest absolute Gasteiger partial charge is 0.502 e. The zero-order valence-corrected chi connectivity index (χ0v) is 16.3. The highest BCUT2D eigenvalue weighted by Crippen LogP contribution is 2.38. The summed E-state index contributed by atoms with van der Waals surface area (Å²) in [4.78, 5) is 5.30. The summed E-state index contributed by atoms with van der Waals surface area (Å²) >= 11 is 1.92. The van der Waals surface area contributed by atoms with Crippen LogP contribution in [-0.4, -0.2) is 72.9 Å². The molecule has 0 amide bonds. The third kappa shape index (κ3) is 4.18. The first-order chi connectivity index (χ1) is 12.2. The predicted molar refractivity (Wildman–Crippen MR) is 103 cm³/mol. The van der Waals surface area contributed by atoms with Crippen molar-refractivity contribution >= 4 is 11.8 Å². The molecule has 0 bridgehead atoms. The van der Waals surface area contributed by atoms with Crippen molar-refractivity contribution in [1.82, 2.24) is 9.80 Å². The molecule has 0 aromatic heterocycles. The van der Waals surface area contributed by atoms with Gasteiger partial charge in [-0.1, -0.05) is 0 Å². The van der Waals surface area contributed by atoms with Gasteiger partial charge in [-0.15, -0.1) is 0 Å². The van der Waals surface area contributed by atoms with Crippen LogP contribution in [0, 0.1) is 0 Å². The van der Waals surface area contributed by atoms with Crippen LogP contribution in [-0.2, 0) is 6.54 Å². The first kappa shape index (κ1) is 18.7. The fourth-order valence-corrected chi connectivity index (χ4v) is 4.65. The molecule has 1 aromatic carbocycles. The molecule has 2 aliphatic rings. The van der Waals surface area contributed by atoms with Crippen molar-refractivity contribution in [3.63, 3.8) is 0 Å². The topological polar surface area (TPSA) is 45.2 Å². The normalized spacial score (nSPS) is 24.3. The van der Waals surface area contributed by atoms with Crippen LogP contribution in [0.3, 0.4) is 0 Å². The monoisotopic (exact) mass is 366 g/mol. The Morgan fingerprint density at radius 1 is 1.20 bits per heavy atom. The number of fused-ring (bicyclic) bond motifs is 1. The Morgan fingerprint density at radius 2 is 1.92 bits per heavy atom. The van der Waals surface area contributed by atoms with Crippen molar-refractivity contribution < 1.29 is 14.6 Å². The van der Waals surface area contributed by atoms with Crippen molar-refractivity contribution in [1.29, 1.82) is 0 Å². The third-order valence-corrected chi connectivity index (χ3v) is 6.13. The number of aromatic hydroxyl groups is 1. The van der Waals surface area contributed by atoms with Gasteiger partial charge in [0.25, 0.3) is 0 Å². The van der Waals surface area contributed by atoms with E-state index in [0.29, 0.717) is 23.6 Å². The van der Waals surface area contributed by atoms with Crippen LogP contribution < -0.4 is 9.47 Å². The summed E-state index contributed by atoms with van der Waals surface area (Å²) in [5, 5.41) is 10.1. The number of phenols is 1. The predicted octanol–water partition coefficient (Wildman–Crippen LogP) is 2.81. The van der Waals surface area contributed by atoms with E-state index in [2.05, 4.69) is 16.1 Å². The van der Waals surface area contributed by atoms with E-state index in [1.165, 1.54) is 38.1 Å². The Kier molecular flexibility index (Phi) is 6.36. The lowest BCUT2D eigenvalue weighted by molar-refractivity contribution is 0.0441. The van der Waals surface area contributed by atoms with Crippen molar-refractivity contribution in [2.45, 2.75) is 37.9 Å². The average molecular weight is 367 g/mol. The number of thioether (sulfide) groups is 1. The van der Waals surface area contributed by atoms with E-state index >= 15 is 0 Å². The van der Waals surface area contributed by atoms with Crippen LogP contribution in [0.15, 0.2) is 12.1 Å². The summed E-state index contributed by atoms with van der Waals surface area (Å²) in [5.74, 6) is 2.24. The quantitative estimate of drug-likeness (QED) is 0.801. The molecule has 0 aliphatic carbocycles. The molecule has 1 N–H and O–H groups in total.